The van der Waals surface area contributed by atoms with Gasteiger partial charge in [0.1, 0.15) is 11.2 Å². The molecule has 2 heterocycles. The number of aromatic nitrogens is 2. The first kappa shape index (κ1) is 41.1. The van der Waals surface area contributed by atoms with Crippen LogP contribution in [0, 0.1) is 12.1 Å². The molecule has 0 saturated carbocycles. The number of allylic oxidation sites excluding steroid dienone is 1. The Hall–Kier alpha value is -5.03. The summed E-state index contributed by atoms with van der Waals surface area (Å²) in [6.07, 6.45) is 7.78. The van der Waals surface area contributed by atoms with Gasteiger partial charge in [-0.15, -0.1) is 72.1 Å². The third kappa shape index (κ3) is 8.47. The number of nitrogens with zero attached hydrogens (tertiary/aromatic N) is 4. The monoisotopic (exact) mass is 904 g/mol. The summed E-state index contributed by atoms with van der Waals surface area (Å²) in [5.41, 5.74) is 10.8. The van der Waals surface area contributed by atoms with E-state index >= 15 is 0 Å². The molecule has 0 fully saturated rings. The Balaban J connectivity index is 0.000000213. The van der Waals surface area contributed by atoms with Crippen LogP contribution in [0.2, 0.25) is 0 Å². The molecule has 0 radical (unpaired) electrons. The Kier molecular flexibility index (Phi) is 13.5. The van der Waals surface area contributed by atoms with Crippen molar-refractivity contribution in [2.45, 2.75) is 86.0 Å². The number of rotatable bonds is 9. The average Bonchev–Trinajstić information content (AvgIpc) is 3.82. The van der Waals surface area contributed by atoms with Gasteiger partial charge in [-0.2, -0.15) is 5.56 Å². The molecule has 0 atom stereocenters. The maximum absolute atomic E-state index is 10.9. The second kappa shape index (κ2) is 18.1. The third-order valence-electron chi connectivity index (χ3n) is 9.81. The molecule has 0 spiro atoms. The van der Waals surface area contributed by atoms with E-state index in [1.165, 1.54) is 22.3 Å². The Bertz CT molecular complexity index is 2360. The van der Waals surface area contributed by atoms with Crippen LogP contribution in [0.4, 0.5) is 5.69 Å². The van der Waals surface area contributed by atoms with E-state index in [9.17, 15) is 5.41 Å². The zero-order valence-electron chi connectivity index (χ0n) is 33.4. The molecule has 2 aromatic heterocycles. The number of anilines is 1. The van der Waals surface area contributed by atoms with Gasteiger partial charge in [0.2, 0.25) is 0 Å². The summed E-state index contributed by atoms with van der Waals surface area (Å²) >= 11 is 0. The Labute approximate surface area is 341 Å². The molecule has 6 heteroatoms. The molecule has 0 aliphatic heterocycles. The van der Waals surface area contributed by atoms with Crippen LogP contribution in [0.3, 0.4) is 0 Å². The Morgan fingerprint density at radius 2 is 1.36 bits per heavy atom. The fourth-order valence-electron chi connectivity index (χ4n) is 7.13. The van der Waals surface area contributed by atoms with Crippen LogP contribution < -0.4 is 4.90 Å². The smallest absolute Gasteiger partial charge is 0.520 e. The maximum atomic E-state index is 10.9. The fourth-order valence-corrected chi connectivity index (χ4v) is 7.13. The van der Waals surface area contributed by atoms with Crippen molar-refractivity contribution >= 4 is 33.5 Å². The van der Waals surface area contributed by atoms with Gasteiger partial charge >= 0.3 is 20.1 Å². The van der Waals surface area contributed by atoms with Crippen molar-refractivity contribution in [2.24, 2.45) is 0 Å². The summed E-state index contributed by atoms with van der Waals surface area (Å²) in [5, 5.41) is 13.2. The van der Waals surface area contributed by atoms with E-state index in [1.54, 1.807) is 0 Å². The second-order valence-electron chi connectivity index (χ2n) is 15.0. The van der Waals surface area contributed by atoms with Crippen molar-refractivity contribution in [1.29, 1.82) is 0 Å². The van der Waals surface area contributed by atoms with Crippen molar-refractivity contribution in [3.05, 3.63) is 167 Å². The van der Waals surface area contributed by atoms with Crippen molar-refractivity contribution < 1.29 is 24.5 Å². The molecule has 0 unspecified atom stereocenters. The summed E-state index contributed by atoms with van der Waals surface area (Å²) in [6, 6.07) is 39.0. The van der Waals surface area contributed by atoms with E-state index in [2.05, 4.69) is 121 Å². The maximum Gasteiger partial charge on any atom is 3.00 e. The van der Waals surface area contributed by atoms with Crippen LogP contribution in [0.5, 0.6) is 0 Å². The van der Waals surface area contributed by atoms with Gasteiger partial charge in [0.25, 0.3) is 0 Å². The standard InChI is InChI=1S/C27H25N2O.C22H26N2.Ir/c1-17(2)21-16-22(18(3)4)26-24(20-12-8-9-13-23(20)30-26)25(21)29-15-14-28-27(29)19-10-6-5-7-11-19;1-6-15-24(22(23)18-11-8-7-9-12-18)21-19(16(2)3)13-10-14-20(21)17(4)5;/h5-10,12-18H,1-4H3;6-11,13-17H,1-5H3;/q-1;-2;+3/b;15-6-;. The number of imidazole rings is 1. The molecule has 55 heavy (non-hydrogen) atoms. The van der Waals surface area contributed by atoms with Gasteiger partial charge in [0, 0.05) is 17.8 Å². The minimum Gasteiger partial charge on any atom is -0.520 e. The molecular formula is C49H51IrN4O. The number of amidine groups is 1. The Morgan fingerprint density at radius 3 is 1.95 bits per heavy atom. The van der Waals surface area contributed by atoms with Crippen LogP contribution in [-0.2, 0) is 20.1 Å². The summed E-state index contributed by atoms with van der Waals surface area (Å²) in [4.78, 5) is 6.58. The van der Waals surface area contributed by atoms with Gasteiger partial charge < -0.3 is 19.3 Å². The van der Waals surface area contributed by atoms with E-state index in [1.807, 2.05) is 85.0 Å². The molecule has 0 bridgehead atoms. The van der Waals surface area contributed by atoms with Gasteiger partial charge in [0.15, 0.2) is 0 Å². The molecule has 282 valence electrons. The largest absolute Gasteiger partial charge is 3.00 e. The quantitative estimate of drug-likeness (QED) is 0.0824. The molecule has 0 N–H and O–H groups in total. The zero-order valence-corrected chi connectivity index (χ0v) is 35.8. The van der Waals surface area contributed by atoms with E-state index in [4.69, 9.17) is 9.40 Å². The molecule has 0 aliphatic rings. The van der Waals surface area contributed by atoms with Crippen LogP contribution in [0.25, 0.3) is 44.4 Å². The van der Waals surface area contributed by atoms with E-state index in [-0.39, 0.29) is 25.9 Å². The normalized spacial score (nSPS) is 11.5. The van der Waals surface area contributed by atoms with E-state index < -0.39 is 0 Å². The van der Waals surface area contributed by atoms with Crippen LogP contribution in [-0.4, -0.2) is 15.4 Å². The molecule has 5 nitrogen and oxygen atoms in total. The van der Waals surface area contributed by atoms with Crippen LogP contribution in [0.15, 0.2) is 126 Å². The van der Waals surface area contributed by atoms with E-state index in [0.29, 0.717) is 29.2 Å². The number of benzene rings is 5. The molecule has 0 saturated heterocycles. The first-order valence-electron chi connectivity index (χ1n) is 19.1. The molecule has 7 rings (SSSR count). The van der Waals surface area contributed by atoms with Crippen LogP contribution in [0.1, 0.15) is 114 Å². The summed E-state index contributed by atoms with van der Waals surface area (Å²) in [7, 11) is 0. The van der Waals surface area contributed by atoms with Crippen molar-refractivity contribution in [2.75, 3.05) is 4.90 Å². The average molecular weight is 904 g/mol. The molecular weight excluding hydrogens is 853 g/mol. The minimum absolute atomic E-state index is 0. The van der Waals surface area contributed by atoms with Gasteiger partial charge in [0.05, 0.1) is 16.9 Å². The van der Waals surface area contributed by atoms with Gasteiger partial charge in [-0.1, -0.05) is 104 Å². The first-order valence-corrected chi connectivity index (χ1v) is 19.1. The predicted octanol–water partition coefficient (Wildman–Crippen LogP) is 13.6. The van der Waals surface area contributed by atoms with Gasteiger partial charge in [-0.25, -0.2) is 0 Å². The number of fused-ring (bicyclic) bond motifs is 3. The number of para-hydroxylation sites is 2. The second-order valence-corrected chi connectivity index (χ2v) is 15.0. The summed E-state index contributed by atoms with van der Waals surface area (Å²) < 4.78 is 8.63. The third-order valence-corrected chi connectivity index (χ3v) is 9.81. The SMILES string of the molecule is C/C=C\N(C(=[N-])c1[c-]cccc1)c1c(C(C)C)cccc1C(C)C.CC(C)c1cc(C(C)C)c2oc3ccccc3c2c1-n1ccnc1-c1[c-]cccc1.[Ir+3]. The summed E-state index contributed by atoms with van der Waals surface area (Å²) in [6.45, 7) is 19.7. The van der Waals surface area contributed by atoms with Crippen molar-refractivity contribution in [3.63, 3.8) is 0 Å². The molecule has 7 aromatic rings. The van der Waals surface area contributed by atoms with E-state index in [0.717, 1.165) is 44.7 Å². The Morgan fingerprint density at radius 1 is 0.745 bits per heavy atom. The predicted molar refractivity (Wildman–Crippen MR) is 228 cm³/mol. The van der Waals surface area contributed by atoms with Gasteiger partial charge in [-0.05, 0) is 70.7 Å². The minimum atomic E-state index is 0. The molecule has 5 aromatic carbocycles. The van der Waals surface area contributed by atoms with Crippen molar-refractivity contribution in [3.8, 4) is 17.1 Å². The zero-order chi connectivity index (χ0) is 38.5. The number of hydrogen-bond acceptors (Lipinski definition) is 2. The van der Waals surface area contributed by atoms with Gasteiger partial charge in [-0.3, -0.25) is 4.98 Å². The van der Waals surface area contributed by atoms with Crippen molar-refractivity contribution in [1.82, 2.24) is 9.55 Å². The molecule has 0 amide bonds. The topological polar surface area (TPSA) is 56.5 Å². The summed E-state index contributed by atoms with van der Waals surface area (Å²) in [5.74, 6) is 2.53. The fraction of sp³-hybridized carbons (Fsp3) is 0.265. The van der Waals surface area contributed by atoms with Crippen LogP contribution >= 0.6 is 0 Å². The first-order chi connectivity index (χ1) is 26.0. The molecule has 0 aliphatic carbocycles. The number of furan rings is 1. The number of hydrogen-bond donors (Lipinski definition) is 0.